The highest BCUT2D eigenvalue weighted by Crippen LogP contribution is 2.41. The van der Waals surface area contributed by atoms with Gasteiger partial charge in [-0.15, -0.1) is 0 Å². The molecule has 3 nitrogen and oxygen atoms in total. The number of carbonyl (C=O) groups excluding carboxylic acids is 1. The molecular weight excluding hydrogens is 212 g/mol. The van der Waals surface area contributed by atoms with Crippen LogP contribution in [0.1, 0.15) is 47.0 Å². The van der Waals surface area contributed by atoms with Crippen LogP contribution in [0.5, 0.6) is 0 Å². The molecule has 0 unspecified atom stereocenters. The van der Waals surface area contributed by atoms with E-state index in [9.17, 15) is 4.79 Å². The van der Waals surface area contributed by atoms with Crippen LogP contribution in [0.2, 0.25) is 0 Å². The van der Waals surface area contributed by atoms with Crippen molar-refractivity contribution in [2.45, 2.75) is 59.0 Å². The van der Waals surface area contributed by atoms with E-state index in [1.165, 1.54) is 19.4 Å². The first-order chi connectivity index (χ1) is 8.00. The minimum Gasteiger partial charge on any atom is -0.339 e. The number of hydrogen-bond donors (Lipinski definition) is 0. The third kappa shape index (κ3) is 2.10. The molecule has 17 heavy (non-hydrogen) atoms. The van der Waals surface area contributed by atoms with E-state index < -0.39 is 0 Å². The van der Waals surface area contributed by atoms with Crippen molar-refractivity contribution in [3.63, 3.8) is 0 Å². The van der Waals surface area contributed by atoms with Gasteiger partial charge >= 0.3 is 0 Å². The fourth-order valence-electron chi connectivity index (χ4n) is 3.20. The lowest BCUT2D eigenvalue weighted by Crippen LogP contribution is -2.69. The van der Waals surface area contributed by atoms with Gasteiger partial charge in [-0.3, -0.25) is 9.69 Å². The topological polar surface area (TPSA) is 23.6 Å². The van der Waals surface area contributed by atoms with Gasteiger partial charge in [0.15, 0.2) is 0 Å². The number of nitrogens with zero attached hydrogens (tertiary/aromatic N) is 2. The van der Waals surface area contributed by atoms with Crippen LogP contribution in [0.4, 0.5) is 0 Å². The largest absolute Gasteiger partial charge is 0.339 e. The molecule has 2 aliphatic heterocycles. The lowest BCUT2D eigenvalue weighted by atomic mass is 9.71. The quantitative estimate of drug-likeness (QED) is 0.703. The Kier molecular flexibility index (Phi) is 3.48. The summed E-state index contributed by atoms with van der Waals surface area (Å²) in [6.07, 6.45) is 3.46. The third-order valence-corrected chi connectivity index (χ3v) is 4.63. The van der Waals surface area contributed by atoms with Gasteiger partial charge in [-0.2, -0.15) is 0 Å². The zero-order valence-corrected chi connectivity index (χ0v) is 11.7. The predicted molar refractivity (Wildman–Crippen MR) is 69.8 cm³/mol. The molecule has 2 saturated heterocycles. The first kappa shape index (κ1) is 12.9. The normalized spacial score (nSPS) is 32.1. The van der Waals surface area contributed by atoms with Gasteiger partial charge in [0.2, 0.25) is 5.91 Å². The monoisotopic (exact) mass is 238 g/mol. The second kappa shape index (κ2) is 4.60. The molecule has 0 aromatic heterocycles. The SMILES string of the molecule is CC[C@@H](C)N1CCC[C@@]2(CN(C(C)C)C2=O)C1. The van der Waals surface area contributed by atoms with E-state index in [-0.39, 0.29) is 5.41 Å². The maximum Gasteiger partial charge on any atom is 0.232 e. The van der Waals surface area contributed by atoms with Crippen molar-refractivity contribution in [2.24, 2.45) is 5.41 Å². The van der Waals surface area contributed by atoms with E-state index >= 15 is 0 Å². The summed E-state index contributed by atoms with van der Waals surface area (Å²) in [6, 6.07) is 0.986. The summed E-state index contributed by atoms with van der Waals surface area (Å²) in [5.41, 5.74) is -0.0219. The Morgan fingerprint density at radius 3 is 2.53 bits per heavy atom. The maximum atomic E-state index is 12.3. The van der Waals surface area contributed by atoms with Crippen LogP contribution >= 0.6 is 0 Å². The molecule has 1 amide bonds. The fraction of sp³-hybridized carbons (Fsp3) is 0.929. The molecule has 2 heterocycles. The van der Waals surface area contributed by atoms with Gasteiger partial charge in [0.1, 0.15) is 0 Å². The number of likely N-dealkylation sites (tertiary alicyclic amines) is 2. The molecule has 2 fully saturated rings. The molecule has 2 atom stereocenters. The van der Waals surface area contributed by atoms with Crippen LogP contribution < -0.4 is 0 Å². The van der Waals surface area contributed by atoms with Crippen molar-refractivity contribution >= 4 is 5.91 Å². The Bertz CT molecular complexity index is 303. The summed E-state index contributed by atoms with van der Waals surface area (Å²) in [5, 5.41) is 0. The number of amides is 1. The summed E-state index contributed by atoms with van der Waals surface area (Å²) in [7, 11) is 0. The molecule has 3 heteroatoms. The Balaban J connectivity index is 2.01. The van der Waals surface area contributed by atoms with Gasteiger partial charge < -0.3 is 4.90 Å². The Labute approximate surface area is 105 Å². The molecule has 0 radical (unpaired) electrons. The lowest BCUT2D eigenvalue weighted by molar-refractivity contribution is -0.170. The lowest BCUT2D eigenvalue weighted by Gasteiger charge is -2.55. The molecule has 0 saturated carbocycles. The first-order valence-corrected chi connectivity index (χ1v) is 7.05. The van der Waals surface area contributed by atoms with Crippen molar-refractivity contribution in [2.75, 3.05) is 19.6 Å². The fourth-order valence-corrected chi connectivity index (χ4v) is 3.20. The zero-order valence-electron chi connectivity index (χ0n) is 11.7. The van der Waals surface area contributed by atoms with Gasteiger partial charge in [-0.25, -0.2) is 0 Å². The number of piperidine rings is 1. The summed E-state index contributed by atoms with van der Waals surface area (Å²) in [5.74, 6) is 0.403. The highest BCUT2D eigenvalue weighted by molar-refractivity contribution is 5.89. The highest BCUT2D eigenvalue weighted by atomic mass is 16.2. The predicted octanol–water partition coefficient (Wildman–Crippen LogP) is 2.12. The van der Waals surface area contributed by atoms with E-state index in [0.717, 1.165) is 19.5 Å². The van der Waals surface area contributed by atoms with Crippen molar-refractivity contribution in [1.82, 2.24) is 9.80 Å². The molecule has 0 N–H and O–H groups in total. The van der Waals surface area contributed by atoms with E-state index in [1.54, 1.807) is 0 Å². The molecule has 0 aliphatic carbocycles. The molecule has 2 rings (SSSR count). The molecule has 0 aromatic carbocycles. The van der Waals surface area contributed by atoms with Crippen LogP contribution in [-0.4, -0.2) is 47.4 Å². The van der Waals surface area contributed by atoms with Crippen LogP contribution in [0.15, 0.2) is 0 Å². The van der Waals surface area contributed by atoms with E-state index in [4.69, 9.17) is 0 Å². The van der Waals surface area contributed by atoms with Crippen LogP contribution in [0, 0.1) is 5.41 Å². The molecule has 98 valence electrons. The van der Waals surface area contributed by atoms with E-state index in [0.29, 0.717) is 18.0 Å². The Hall–Kier alpha value is -0.570. The molecule has 0 bridgehead atoms. The van der Waals surface area contributed by atoms with Crippen molar-refractivity contribution in [3.05, 3.63) is 0 Å². The summed E-state index contributed by atoms with van der Waals surface area (Å²) >= 11 is 0. The Morgan fingerprint density at radius 2 is 2.00 bits per heavy atom. The van der Waals surface area contributed by atoms with Crippen molar-refractivity contribution < 1.29 is 4.79 Å². The zero-order chi connectivity index (χ0) is 12.6. The standard InChI is InChI=1S/C14H26N2O/c1-5-12(4)15-8-6-7-14(9-15)10-16(11(2)3)13(14)17/h11-12H,5-10H2,1-4H3/t12-,14+/m1/s1. The highest BCUT2D eigenvalue weighted by Gasteiger charge is 2.54. The van der Waals surface area contributed by atoms with Crippen molar-refractivity contribution in [1.29, 1.82) is 0 Å². The second-order valence-electron chi connectivity index (χ2n) is 6.14. The first-order valence-electron chi connectivity index (χ1n) is 7.05. The van der Waals surface area contributed by atoms with Gasteiger partial charge in [-0.1, -0.05) is 6.92 Å². The summed E-state index contributed by atoms with van der Waals surface area (Å²) in [4.78, 5) is 16.9. The van der Waals surface area contributed by atoms with Crippen LogP contribution in [0.25, 0.3) is 0 Å². The minimum atomic E-state index is -0.0219. The number of β-lactam (4-membered cyclic amide) rings is 1. The van der Waals surface area contributed by atoms with Gasteiger partial charge in [0.25, 0.3) is 0 Å². The van der Waals surface area contributed by atoms with Gasteiger partial charge in [0.05, 0.1) is 5.41 Å². The van der Waals surface area contributed by atoms with Crippen LogP contribution in [-0.2, 0) is 4.79 Å². The Morgan fingerprint density at radius 1 is 1.29 bits per heavy atom. The average molecular weight is 238 g/mol. The third-order valence-electron chi connectivity index (χ3n) is 4.63. The molecule has 0 aromatic rings. The molecule has 1 spiro atoms. The van der Waals surface area contributed by atoms with Crippen molar-refractivity contribution in [3.8, 4) is 0 Å². The summed E-state index contributed by atoms with van der Waals surface area (Å²) < 4.78 is 0. The molecule has 2 aliphatic rings. The van der Waals surface area contributed by atoms with E-state index in [2.05, 4.69) is 32.6 Å². The average Bonchev–Trinajstić information content (AvgIpc) is 2.34. The smallest absolute Gasteiger partial charge is 0.232 e. The maximum absolute atomic E-state index is 12.3. The van der Waals surface area contributed by atoms with Gasteiger partial charge in [-0.05, 0) is 46.6 Å². The minimum absolute atomic E-state index is 0.0219. The second-order valence-corrected chi connectivity index (χ2v) is 6.14. The van der Waals surface area contributed by atoms with E-state index in [1.807, 2.05) is 4.90 Å². The van der Waals surface area contributed by atoms with Crippen LogP contribution in [0.3, 0.4) is 0 Å². The number of carbonyl (C=O) groups is 1. The molecular formula is C14H26N2O. The number of hydrogen-bond acceptors (Lipinski definition) is 2. The summed E-state index contributed by atoms with van der Waals surface area (Å²) in [6.45, 7) is 11.9. The number of rotatable bonds is 3. The van der Waals surface area contributed by atoms with Gasteiger partial charge in [0, 0.05) is 25.2 Å².